The molecular formula is C52H60N8OSi. The van der Waals surface area contributed by atoms with Crippen molar-refractivity contribution in [3.8, 4) is 0 Å². The summed E-state index contributed by atoms with van der Waals surface area (Å²) in [7, 11) is 3.04. The Morgan fingerprint density at radius 1 is 0.581 bits per heavy atom. The fourth-order valence-corrected chi connectivity index (χ4v) is 7.35. The number of hydrogen-bond acceptors (Lipinski definition) is 7. The molecule has 2 heterocycles. The number of aromatic nitrogens is 4. The summed E-state index contributed by atoms with van der Waals surface area (Å²) in [5.74, 6) is 0. The molecule has 0 spiro atoms. The van der Waals surface area contributed by atoms with Crippen LogP contribution < -0.4 is 21.3 Å². The highest BCUT2D eigenvalue weighted by Crippen LogP contribution is 2.30. The van der Waals surface area contributed by atoms with E-state index in [9.17, 15) is 0 Å². The third-order valence-corrected chi connectivity index (χ3v) is 11.9. The summed E-state index contributed by atoms with van der Waals surface area (Å²) >= 11 is 0. The summed E-state index contributed by atoms with van der Waals surface area (Å²) in [6.07, 6.45) is 8.34. The molecule has 0 unspecified atom stereocenters. The summed E-state index contributed by atoms with van der Waals surface area (Å²) < 4.78 is 8.06. The fraction of sp³-hybridized carbons (Fsp3) is 0.192. The second-order valence-corrected chi connectivity index (χ2v) is 21.7. The van der Waals surface area contributed by atoms with Crippen LogP contribution in [0.1, 0.15) is 22.5 Å². The molecule has 8 rings (SSSR count). The second-order valence-electron chi connectivity index (χ2n) is 16.1. The minimum Gasteiger partial charge on any atom is -0.360 e. The van der Waals surface area contributed by atoms with Crippen LogP contribution in [0.25, 0.3) is 46.1 Å². The van der Waals surface area contributed by atoms with Crippen LogP contribution in [0, 0.1) is 0 Å². The van der Waals surface area contributed by atoms with Crippen molar-refractivity contribution in [1.82, 2.24) is 20.0 Å². The first-order valence-electron chi connectivity index (χ1n) is 21.1. The molecule has 2 aromatic heterocycles. The number of H-pyrrole nitrogens is 1. The molecule has 6 aromatic carbocycles. The number of ether oxygens (including phenoxy) is 1. The lowest BCUT2D eigenvalue weighted by molar-refractivity contribution is 0.0816. The highest BCUT2D eigenvalue weighted by Gasteiger charge is 2.15. The van der Waals surface area contributed by atoms with Crippen molar-refractivity contribution in [3.05, 3.63) is 180 Å². The first-order valence-corrected chi connectivity index (χ1v) is 24.8. The van der Waals surface area contributed by atoms with Crippen molar-refractivity contribution in [2.75, 3.05) is 43.6 Å². The summed E-state index contributed by atoms with van der Waals surface area (Å²) in [6, 6.07) is 55.4. The van der Waals surface area contributed by atoms with E-state index < -0.39 is 8.07 Å². The topological polar surface area (TPSA) is 114 Å². The van der Waals surface area contributed by atoms with Gasteiger partial charge in [-0.2, -0.15) is 10.2 Å². The normalized spacial score (nSPS) is 11.4. The van der Waals surface area contributed by atoms with Gasteiger partial charge in [-0.25, -0.2) is 4.68 Å². The Morgan fingerprint density at radius 2 is 1.06 bits per heavy atom. The van der Waals surface area contributed by atoms with Crippen LogP contribution >= 0.6 is 0 Å². The monoisotopic (exact) mass is 840 g/mol. The van der Waals surface area contributed by atoms with E-state index in [-0.39, 0.29) is 0 Å². The van der Waals surface area contributed by atoms with Gasteiger partial charge in [-0.15, -0.1) is 0 Å². The standard InChI is InChI=1S/C28H33N3OSi.C22H19N3.C2H8N2/c1-30(24-13-9-6-10-14-24)25-16-17-26-27(18-15-23-11-7-5-8-12-23)29-31(28(26)21-25)22-32-19-20-33(2,3)4;1-25(18-10-6-3-7-11-18)19-13-14-20-21(23-24-22(20)16-19)15-12-17-8-4-2-5-9-17;3-1-2-4/h5-18,21H,19-20,22H2,1-4H3;2-16H,1H3,(H,23,24);1-4H2/b18-15+;15-12+;. The number of para-hydroxylation sites is 2. The Hall–Kier alpha value is -6.56. The van der Waals surface area contributed by atoms with Gasteiger partial charge in [0.2, 0.25) is 0 Å². The lowest BCUT2D eigenvalue weighted by Gasteiger charge is -2.20. The van der Waals surface area contributed by atoms with Gasteiger partial charge >= 0.3 is 0 Å². The van der Waals surface area contributed by atoms with Crippen LogP contribution in [-0.4, -0.2) is 61.8 Å². The third kappa shape index (κ3) is 12.7. The van der Waals surface area contributed by atoms with Gasteiger partial charge in [-0.05, 0) is 90.0 Å². The van der Waals surface area contributed by atoms with Gasteiger partial charge in [0, 0.05) is 75.4 Å². The van der Waals surface area contributed by atoms with Crippen molar-refractivity contribution in [2.24, 2.45) is 11.5 Å². The molecule has 0 radical (unpaired) electrons. The van der Waals surface area contributed by atoms with E-state index in [2.05, 4.69) is 187 Å². The first kappa shape index (κ1) is 45.0. The number of nitrogens with zero attached hydrogens (tertiary/aromatic N) is 5. The molecule has 10 heteroatoms. The highest BCUT2D eigenvalue weighted by atomic mass is 28.3. The summed E-state index contributed by atoms with van der Waals surface area (Å²) in [6.45, 7) is 9.54. The van der Waals surface area contributed by atoms with Gasteiger partial charge in [0.1, 0.15) is 6.73 Å². The maximum absolute atomic E-state index is 6.06. The summed E-state index contributed by atoms with van der Waals surface area (Å²) in [4.78, 5) is 4.36. The number of aromatic amines is 1. The zero-order valence-corrected chi connectivity index (χ0v) is 37.7. The number of anilines is 4. The molecule has 0 atom stereocenters. The molecule has 5 N–H and O–H groups in total. The van der Waals surface area contributed by atoms with Crippen molar-refractivity contribution in [1.29, 1.82) is 0 Å². The third-order valence-electron chi connectivity index (χ3n) is 10.2. The molecule has 0 aliphatic carbocycles. The number of nitrogens with two attached hydrogens (primary N) is 2. The van der Waals surface area contributed by atoms with Gasteiger partial charge in [0.05, 0.1) is 22.4 Å². The summed E-state index contributed by atoms with van der Waals surface area (Å²) in [5.41, 5.74) is 20.7. The average Bonchev–Trinajstić information content (AvgIpc) is 3.89. The number of rotatable bonds is 14. The second kappa shape index (κ2) is 22.3. The van der Waals surface area contributed by atoms with Gasteiger partial charge in [-0.3, -0.25) is 5.10 Å². The predicted molar refractivity (Wildman–Crippen MR) is 268 cm³/mol. The van der Waals surface area contributed by atoms with Gasteiger partial charge in [-0.1, -0.05) is 129 Å². The largest absolute Gasteiger partial charge is 0.360 e. The predicted octanol–water partition coefficient (Wildman–Crippen LogP) is 11.7. The average molecular weight is 841 g/mol. The minimum absolute atomic E-state index is 0.457. The number of benzene rings is 6. The van der Waals surface area contributed by atoms with Crippen molar-refractivity contribution in [3.63, 3.8) is 0 Å². The molecule has 0 aliphatic rings. The van der Waals surface area contributed by atoms with E-state index >= 15 is 0 Å². The molecule has 0 aliphatic heterocycles. The number of nitrogens with one attached hydrogen (secondary N) is 1. The van der Waals surface area contributed by atoms with Gasteiger partial charge in [0.15, 0.2) is 0 Å². The van der Waals surface area contributed by atoms with Crippen LogP contribution in [-0.2, 0) is 11.5 Å². The Balaban J connectivity index is 0.000000196. The van der Waals surface area contributed by atoms with E-state index in [0.29, 0.717) is 19.8 Å². The van der Waals surface area contributed by atoms with E-state index in [0.717, 1.165) is 74.2 Å². The van der Waals surface area contributed by atoms with Crippen LogP contribution in [0.2, 0.25) is 25.7 Å². The molecule has 0 saturated carbocycles. The van der Waals surface area contributed by atoms with E-state index in [1.165, 1.54) is 5.56 Å². The van der Waals surface area contributed by atoms with Crippen molar-refractivity contribution in [2.45, 2.75) is 32.4 Å². The highest BCUT2D eigenvalue weighted by molar-refractivity contribution is 6.76. The molecule has 9 nitrogen and oxygen atoms in total. The molecule has 0 bridgehead atoms. The molecule has 0 saturated heterocycles. The SMILES string of the molecule is CN(c1ccccc1)c1ccc2c(/C=C/c3ccccc3)n[nH]c2c1.CN(c1ccccc1)c1ccc2c(/C=C/c3ccccc3)nn(COCC[Si](C)(C)C)c2c1.NCCN. The number of fused-ring (bicyclic) bond motifs is 2. The molecule has 0 fully saturated rings. The van der Waals surface area contributed by atoms with Gasteiger partial charge in [0.25, 0.3) is 0 Å². The Labute approximate surface area is 368 Å². The summed E-state index contributed by atoms with van der Waals surface area (Å²) in [5, 5.41) is 14.8. The van der Waals surface area contributed by atoms with Crippen LogP contribution in [0.15, 0.2) is 158 Å². The van der Waals surface area contributed by atoms with Crippen LogP contribution in [0.3, 0.4) is 0 Å². The Kier molecular flexibility index (Phi) is 16.2. The van der Waals surface area contributed by atoms with Crippen molar-refractivity contribution >= 4 is 76.9 Å². The quantitative estimate of drug-likeness (QED) is 0.0738. The minimum atomic E-state index is -1.13. The van der Waals surface area contributed by atoms with Gasteiger partial charge < -0.3 is 26.0 Å². The van der Waals surface area contributed by atoms with E-state index in [1.807, 2.05) is 53.2 Å². The molecule has 318 valence electrons. The Bertz CT molecular complexity index is 2620. The maximum atomic E-state index is 6.06. The lowest BCUT2D eigenvalue weighted by atomic mass is 10.1. The van der Waals surface area contributed by atoms with E-state index in [1.54, 1.807) is 0 Å². The molecular weight excluding hydrogens is 781 g/mol. The van der Waals surface area contributed by atoms with Crippen LogP contribution in [0.4, 0.5) is 22.7 Å². The smallest absolute Gasteiger partial charge is 0.140 e. The Morgan fingerprint density at radius 3 is 1.58 bits per heavy atom. The first-order chi connectivity index (χ1) is 30.1. The molecule has 0 amide bonds. The molecule has 8 aromatic rings. The maximum Gasteiger partial charge on any atom is 0.140 e. The zero-order valence-electron chi connectivity index (χ0n) is 36.7. The van der Waals surface area contributed by atoms with Crippen molar-refractivity contribution < 1.29 is 4.74 Å². The fourth-order valence-electron chi connectivity index (χ4n) is 6.59. The zero-order chi connectivity index (χ0) is 43.7. The lowest BCUT2D eigenvalue weighted by Crippen LogP contribution is -2.22. The van der Waals surface area contributed by atoms with Crippen LogP contribution in [0.5, 0.6) is 0 Å². The molecule has 62 heavy (non-hydrogen) atoms. The van der Waals surface area contributed by atoms with E-state index in [4.69, 9.17) is 21.3 Å². The number of hydrogen-bond donors (Lipinski definition) is 3.